The first-order valence-corrected chi connectivity index (χ1v) is 8.20. The zero-order valence-electron chi connectivity index (χ0n) is 13.1. The molecule has 0 saturated carbocycles. The average molecular weight is 365 g/mol. The molecule has 4 nitrogen and oxygen atoms in total. The van der Waals surface area contributed by atoms with Crippen LogP contribution in [0.5, 0.6) is 0 Å². The van der Waals surface area contributed by atoms with Gasteiger partial charge in [0, 0.05) is 21.2 Å². The summed E-state index contributed by atoms with van der Waals surface area (Å²) in [5.41, 5.74) is 11.1. The highest BCUT2D eigenvalue weighted by Gasteiger charge is 2.42. The second-order valence-corrected chi connectivity index (χ2v) is 6.47. The lowest BCUT2D eigenvalue weighted by Crippen LogP contribution is -2.63. The van der Waals surface area contributed by atoms with E-state index in [0.717, 1.165) is 0 Å². The van der Waals surface area contributed by atoms with Gasteiger partial charge in [-0.2, -0.15) is 0 Å². The van der Waals surface area contributed by atoms with Gasteiger partial charge in [0.25, 0.3) is 0 Å². The molecule has 0 aliphatic carbocycles. The van der Waals surface area contributed by atoms with Crippen molar-refractivity contribution in [2.45, 2.75) is 19.0 Å². The number of hydrogen-bond donors (Lipinski definition) is 2. The summed E-state index contributed by atoms with van der Waals surface area (Å²) in [6, 6.07) is 12.6. The first-order valence-electron chi connectivity index (χ1n) is 7.45. The maximum absolute atomic E-state index is 12.7. The fourth-order valence-electron chi connectivity index (χ4n) is 2.56. The Kier molecular flexibility index (Phi) is 5.78. The first kappa shape index (κ1) is 18.6. The summed E-state index contributed by atoms with van der Waals surface area (Å²) >= 11 is 11.7. The highest BCUT2D eigenvalue weighted by Crippen LogP contribution is 2.24. The fourth-order valence-corrected chi connectivity index (χ4v) is 2.82. The molecule has 0 amide bonds. The smallest absolute Gasteiger partial charge is 0.197 e. The van der Waals surface area contributed by atoms with Crippen molar-refractivity contribution in [2.75, 3.05) is 0 Å². The molecule has 1 atom stereocenters. The fraction of sp³-hybridized carbons (Fsp3) is 0.222. The maximum Gasteiger partial charge on any atom is 0.197 e. The molecule has 0 radical (unpaired) electrons. The van der Waals surface area contributed by atoms with E-state index in [9.17, 15) is 9.59 Å². The lowest BCUT2D eigenvalue weighted by molar-refractivity contribution is 0.0722. The van der Waals surface area contributed by atoms with Crippen LogP contribution in [0.15, 0.2) is 48.5 Å². The number of Topliss-reactive ketones (excluding diaryl/α,β-unsaturated/α-hetero) is 2. The Morgan fingerprint density at radius 3 is 1.75 bits per heavy atom. The minimum atomic E-state index is -1.82. The third kappa shape index (κ3) is 3.84. The van der Waals surface area contributed by atoms with Gasteiger partial charge < -0.3 is 11.5 Å². The number of halogens is 2. The summed E-state index contributed by atoms with van der Waals surface area (Å²) in [4.78, 5) is 25.4. The van der Waals surface area contributed by atoms with E-state index in [2.05, 4.69) is 0 Å². The highest BCUT2D eigenvalue weighted by molar-refractivity contribution is 6.31. The number of benzene rings is 2. The van der Waals surface area contributed by atoms with Crippen molar-refractivity contribution in [3.8, 4) is 0 Å². The van der Waals surface area contributed by atoms with Gasteiger partial charge in [-0.15, -0.1) is 0 Å². The molecule has 0 aromatic heterocycles. The van der Waals surface area contributed by atoms with Crippen LogP contribution >= 0.6 is 23.2 Å². The summed E-state index contributed by atoms with van der Waals surface area (Å²) in [6.45, 7) is 1.77. The second-order valence-electron chi connectivity index (χ2n) is 5.60. The Balaban J connectivity index is 2.33. The standard InChI is InChI=1S/C18H18Cl2N2O2/c1-2-15(16(23)11-3-7-13(19)8-4-11)18(21,22)17(24)12-5-9-14(20)10-6-12/h3-10,15H,2,21-22H2,1H3. The molecule has 4 N–H and O–H groups in total. The van der Waals surface area contributed by atoms with Gasteiger partial charge >= 0.3 is 0 Å². The molecule has 2 aromatic rings. The lowest BCUT2D eigenvalue weighted by atomic mass is 9.80. The van der Waals surface area contributed by atoms with Crippen molar-refractivity contribution in [3.05, 3.63) is 69.7 Å². The summed E-state index contributed by atoms with van der Waals surface area (Å²) in [5, 5.41) is 1.01. The predicted octanol–water partition coefficient (Wildman–Crippen LogP) is 3.70. The van der Waals surface area contributed by atoms with Crippen LogP contribution < -0.4 is 11.5 Å². The number of carbonyl (C=O) groups is 2. The highest BCUT2D eigenvalue weighted by atomic mass is 35.5. The van der Waals surface area contributed by atoms with Gasteiger partial charge in [-0.05, 0) is 55.0 Å². The van der Waals surface area contributed by atoms with Crippen molar-refractivity contribution >= 4 is 34.8 Å². The third-order valence-electron chi connectivity index (χ3n) is 3.93. The molecular formula is C18H18Cl2N2O2. The molecule has 1 unspecified atom stereocenters. The average Bonchev–Trinajstić information content (AvgIpc) is 2.55. The molecule has 126 valence electrons. The normalized spacial score (nSPS) is 12.7. The number of nitrogens with two attached hydrogens (primary N) is 2. The second kappa shape index (κ2) is 7.45. The van der Waals surface area contributed by atoms with Crippen LogP contribution in [0.3, 0.4) is 0 Å². The zero-order valence-corrected chi connectivity index (χ0v) is 14.6. The van der Waals surface area contributed by atoms with Crippen molar-refractivity contribution < 1.29 is 9.59 Å². The van der Waals surface area contributed by atoms with Crippen LogP contribution in [0.1, 0.15) is 34.1 Å². The molecule has 0 bridgehead atoms. The van der Waals surface area contributed by atoms with Gasteiger partial charge in [-0.1, -0.05) is 30.1 Å². The van der Waals surface area contributed by atoms with E-state index in [1.165, 1.54) is 0 Å². The number of carbonyl (C=O) groups excluding carboxylic acids is 2. The molecule has 24 heavy (non-hydrogen) atoms. The Labute approximate surface area is 150 Å². The van der Waals surface area contributed by atoms with Gasteiger partial charge in [-0.25, -0.2) is 0 Å². The summed E-state index contributed by atoms with van der Waals surface area (Å²) in [6.07, 6.45) is 0.327. The quantitative estimate of drug-likeness (QED) is 0.604. The van der Waals surface area contributed by atoms with Crippen molar-refractivity contribution in [3.63, 3.8) is 0 Å². The molecule has 2 aromatic carbocycles. The molecular weight excluding hydrogens is 347 g/mol. The van der Waals surface area contributed by atoms with E-state index >= 15 is 0 Å². The Hall–Kier alpha value is -1.72. The SMILES string of the molecule is CCC(C(=O)c1ccc(Cl)cc1)C(N)(N)C(=O)c1ccc(Cl)cc1. The number of rotatable bonds is 6. The molecule has 0 fully saturated rings. The van der Waals surface area contributed by atoms with E-state index in [4.69, 9.17) is 34.7 Å². The molecule has 6 heteroatoms. The predicted molar refractivity (Wildman–Crippen MR) is 96.5 cm³/mol. The largest absolute Gasteiger partial charge is 0.306 e. The molecule has 2 rings (SSSR count). The van der Waals surface area contributed by atoms with Gasteiger partial charge in [-0.3, -0.25) is 9.59 Å². The molecule has 0 heterocycles. The van der Waals surface area contributed by atoms with Crippen LogP contribution in [-0.2, 0) is 0 Å². The van der Waals surface area contributed by atoms with E-state index in [0.29, 0.717) is 27.6 Å². The maximum atomic E-state index is 12.7. The van der Waals surface area contributed by atoms with Crippen molar-refractivity contribution in [2.24, 2.45) is 17.4 Å². The van der Waals surface area contributed by atoms with Gasteiger partial charge in [0.2, 0.25) is 0 Å². The van der Waals surface area contributed by atoms with Crippen molar-refractivity contribution in [1.29, 1.82) is 0 Å². The van der Waals surface area contributed by atoms with Crippen LogP contribution in [0, 0.1) is 5.92 Å². The van der Waals surface area contributed by atoms with Crippen LogP contribution in [-0.4, -0.2) is 17.2 Å². The molecule has 0 aliphatic rings. The Morgan fingerprint density at radius 2 is 1.33 bits per heavy atom. The van der Waals surface area contributed by atoms with Crippen LogP contribution in [0.4, 0.5) is 0 Å². The third-order valence-corrected chi connectivity index (χ3v) is 4.43. The van der Waals surface area contributed by atoms with Gasteiger partial charge in [0.05, 0.1) is 5.92 Å². The van der Waals surface area contributed by atoms with E-state index < -0.39 is 17.4 Å². The first-order chi connectivity index (χ1) is 11.3. The van der Waals surface area contributed by atoms with E-state index in [-0.39, 0.29) is 5.78 Å². The summed E-state index contributed by atoms with van der Waals surface area (Å²) < 4.78 is 0. The Morgan fingerprint density at radius 1 is 0.917 bits per heavy atom. The molecule has 0 aliphatic heterocycles. The summed E-state index contributed by atoms with van der Waals surface area (Å²) in [7, 11) is 0. The monoisotopic (exact) mass is 364 g/mol. The Bertz CT molecular complexity index is 741. The minimum absolute atomic E-state index is 0.290. The zero-order chi connectivity index (χ0) is 17.9. The van der Waals surface area contributed by atoms with E-state index in [1.807, 2.05) is 0 Å². The topological polar surface area (TPSA) is 86.2 Å². The molecule has 0 spiro atoms. The summed E-state index contributed by atoms with van der Waals surface area (Å²) in [5.74, 6) is -1.66. The minimum Gasteiger partial charge on any atom is -0.306 e. The lowest BCUT2D eigenvalue weighted by Gasteiger charge is -2.31. The van der Waals surface area contributed by atoms with Gasteiger partial charge in [0.1, 0.15) is 5.66 Å². The van der Waals surface area contributed by atoms with Crippen LogP contribution in [0.2, 0.25) is 10.0 Å². The van der Waals surface area contributed by atoms with Crippen molar-refractivity contribution in [1.82, 2.24) is 0 Å². The van der Waals surface area contributed by atoms with E-state index in [1.54, 1.807) is 55.5 Å². The number of ketones is 2. The molecule has 0 saturated heterocycles. The van der Waals surface area contributed by atoms with Gasteiger partial charge in [0.15, 0.2) is 11.6 Å². The number of hydrogen-bond acceptors (Lipinski definition) is 4. The van der Waals surface area contributed by atoms with Crippen LogP contribution in [0.25, 0.3) is 0 Å².